The number of pyridine rings is 1. The zero-order valence-electron chi connectivity index (χ0n) is 9.32. The van der Waals surface area contributed by atoms with E-state index in [0.717, 1.165) is 18.2 Å². The second-order valence-electron chi connectivity index (χ2n) is 3.89. The van der Waals surface area contributed by atoms with Crippen molar-refractivity contribution in [2.75, 3.05) is 0 Å². The van der Waals surface area contributed by atoms with Gasteiger partial charge < -0.3 is 4.98 Å². The number of benzene rings is 1. The third-order valence-electron chi connectivity index (χ3n) is 2.64. The number of H-pyrrole nitrogens is 1. The molecule has 1 N–H and O–H groups in total. The molecular formula is C12H6ClF2N3S. The van der Waals surface area contributed by atoms with Crippen molar-refractivity contribution in [2.24, 2.45) is 0 Å². The van der Waals surface area contributed by atoms with E-state index in [0.29, 0.717) is 16.2 Å². The molecule has 3 rings (SSSR count). The minimum Gasteiger partial charge on any atom is -0.329 e. The zero-order chi connectivity index (χ0) is 13.6. The maximum absolute atomic E-state index is 13.8. The predicted octanol–water partition coefficient (Wildman–Crippen LogP) is 4.01. The topological polar surface area (TPSA) is 33.6 Å². The molecule has 0 bridgehead atoms. The average molecular weight is 298 g/mol. The van der Waals surface area contributed by atoms with Crippen LogP contribution < -0.4 is 0 Å². The Labute approximate surface area is 116 Å². The lowest BCUT2D eigenvalue weighted by Gasteiger charge is -2.05. The molecule has 2 heterocycles. The average Bonchev–Trinajstić information content (AvgIpc) is 2.67. The molecule has 2 aromatic heterocycles. The van der Waals surface area contributed by atoms with Gasteiger partial charge in [0.15, 0.2) is 10.4 Å². The van der Waals surface area contributed by atoms with Gasteiger partial charge in [0.1, 0.15) is 11.6 Å². The van der Waals surface area contributed by atoms with E-state index < -0.39 is 11.6 Å². The van der Waals surface area contributed by atoms with Crippen molar-refractivity contribution in [1.82, 2.24) is 14.5 Å². The molecule has 0 aliphatic carbocycles. The van der Waals surface area contributed by atoms with Crippen LogP contribution in [0.15, 0.2) is 30.5 Å². The van der Waals surface area contributed by atoms with Crippen LogP contribution in [0.5, 0.6) is 0 Å². The SMILES string of the molecule is Fc1ccc(F)c(-n2c(=S)[nH]c3cc(Cl)cnc32)c1. The zero-order valence-corrected chi connectivity index (χ0v) is 10.9. The number of nitrogens with zero attached hydrogens (tertiary/aromatic N) is 2. The standard InChI is InChI=1S/C12H6ClF2N3S/c13-6-3-9-11(16-5-6)18(12(19)17-9)10-4-7(14)1-2-8(10)15/h1-5H,(H,17,19). The number of hydrogen-bond acceptors (Lipinski definition) is 2. The molecule has 0 spiro atoms. The fourth-order valence-corrected chi connectivity index (χ4v) is 2.30. The Bertz CT molecular complexity index is 841. The van der Waals surface area contributed by atoms with Crippen LogP contribution >= 0.6 is 23.8 Å². The van der Waals surface area contributed by atoms with Crippen LogP contribution in [0.25, 0.3) is 16.9 Å². The van der Waals surface area contributed by atoms with Crippen LogP contribution in [-0.4, -0.2) is 14.5 Å². The van der Waals surface area contributed by atoms with Crippen LogP contribution in [0.1, 0.15) is 0 Å². The second kappa shape index (κ2) is 4.40. The molecule has 7 heteroatoms. The lowest BCUT2D eigenvalue weighted by atomic mass is 10.3. The van der Waals surface area contributed by atoms with Crippen LogP contribution in [-0.2, 0) is 0 Å². The highest BCUT2D eigenvalue weighted by Crippen LogP contribution is 2.22. The summed E-state index contributed by atoms with van der Waals surface area (Å²) in [6, 6.07) is 4.77. The molecule has 3 nitrogen and oxygen atoms in total. The van der Waals surface area contributed by atoms with E-state index in [1.807, 2.05) is 0 Å². The molecule has 1 aromatic carbocycles. The Balaban J connectivity index is 2.39. The van der Waals surface area contributed by atoms with Crippen molar-refractivity contribution in [2.45, 2.75) is 0 Å². The van der Waals surface area contributed by atoms with Gasteiger partial charge in [-0.1, -0.05) is 11.6 Å². The summed E-state index contributed by atoms with van der Waals surface area (Å²) in [5.74, 6) is -1.14. The summed E-state index contributed by atoms with van der Waals surface area (Å²) < 4.78 is 28.6. The molecular weight excluding hydrogens is 292 g/mol. The minimum absolute atomic E-state index is 0.00562. The first-order valence-corrected chi connectivity index (χ1v) is 6.06. The number of nitrogens with one attached hydrogen (secondary N) is 1. The number of halogens is 3. The summed E-state index contributed by atoms with van der Waals surface area (Å²) >= 11 is 10.9. The summed E-state index contributed by atoms with van der Waals surface area (Å²) in [5.41, 5.74) is 0.950. The van der Waals surface area contributed by atoms with Crippen LogP contribution in [0.3, 0.4) is 0 Å². The maximum atomic E-state index is 13.8. The maximum Gasteiger partial charge on any atom is 0.184 e. The first kappa shape index (κ1) is 12.3. The van der Waals surface area contributed by atoms with E-state index in [4.69, 9.17) is 23.8 Å². The van der Waals surface area contributed by atoms with Gasteiger partial charge in [-0.15, -0.1) is 0 Å². The fourth-order valence-electron chi connectivity index (χ4n) is 1.85. The Morgan fingerprint density at radius 1 is 1.26 bits per heavy atom. The molecule has 0 aliphatic rings. The first-order valence-electron chi connectivity index (χ1n) is 5.28. The number of hydrogen-bond donors (Lipinski definition) is 1. The number of imidazole rings is 1. The van der Waals surface area contributed by atoms with Gasteiger partial charge in [-0.25, -0.2) is 13.8 Å². The number of rotatable bonds is 1. The summed E-state index contributed by atoms with van der Waals surface area (Å²) in [4.78, 5) is 6.95. The van der Waals surface area contributed by atoms with Gasteiger partial charge in [-0.2, -0.15) is 0 Å². The number of fused-ring (bicyclic) bond motifs is 1. The Kier molecular flexibility index (Phi) is 2.83. The van der Waals surface area contributed by atoms with Gasteiger partial charge in [0.2, 0.25) is 0 Å². The molecule has 0 amide bonds. The number of aromatic amines is 1. The van der Waals surface area contributed by atoms with Crippen LogP contribution in [0.4, 0.5) is 8.78 Å². The van der Waals surface area contributed by atoms with Crippen molar-refractivity contribution < 1.29 is 8.78 Å². The quantitative estimate of drug-likeness (QED) is 0.688. The molecule has 0 radical (unpaired) electrons. The molecule has 0 saturated carbocycles. The van der Waals surface area contributed by atoms with Gasteiger partial charge in [0.05, 0.1) is 16.2 Å². The largest absolute Gasteiger partial charge is 0.329 e. The fraction of sp³-hybridized carbons (Fsp3) is 0. The number of aromatic nitrogens is 3. The second-order valence-corrected chi connectivity index (χ2v) is 4.71. The normalized spacial score (nSPS) is 11.1. The van der Waals surface area contributed by atoms with Gasteiger partial charge >= 0.3 is 0 Å². The molecule has 19 heavy (non-hydrogen) atoms. The smallest absolute Gasteiger partial charge is 0.184 e. The van der Waals surface area contributed by atoms with Crippen molar-refractivity contribution in [1.29, 1.82) is 0 Å². The van der Waals surface area contributed by atoms with Crippen molar-refractivity contribution in [3.05, 3.63) is 51.9 Å². The van der Waals surface area contributed by atoms with E-state index in [9.17, 15) is 8.78 Å². The summed E-state index contributed by atoms with van der Waals surface area (Å²) in [5, 5.41) is 0.426. The molecule has 0 fully saturated rings. The highest BCUT2D eigenvalue weighted by Gasteiger charge is 2.13. The predicted molar refractivity (Wildman–Crippen MR) is 71.2 cm³/mol. The summed E-state index contributed by atoms with van der Waals surface area (Å²) in [7, 11) is 0. The van der Waals surface area contributed by atoms with E-state index in [1.54, 1.807) is 6.07 Å². The molecule has 0 atom stereocenters. The summed E-state index contributed by atoms with van der Waals surface area (Å²) in [6.45, 7) is 0. The highest BCUT2D eigenvalue weighted by molar-refractivity contribution is 7.71. The van der Waals surface area contributed by atoms with E-state index in [2.05, 4.69) is 9.97 Å². The lowest BCUT2D eigenvalue weighted by molar-refractivity contribution is 0.593. The lowest BCUT2D eigenvalue weighted by Crippen LogP contribution is -1.99. The molecule has 3 aromatic rings. The van der Waals surface area contributed by atoms with Gasteiger partial charge in [0, 0.05) is 12.3 Å². The summed E-state index contributed by atoms with van der Waals surface area (Å²) in [6.07, 6.45) is 1.42. The van der Waals surface area contributed by atoms with Gasteiger partial charge in [-0.05, 0) is 30.4 Å². The van der Waals surface area contributed by atoms with Crippen molar-refractivity contribution >= 4 is 35.0 Å². The Morgan fingerprint density at radius 2 is 2.05 bits per heavy atom. The Morgan fingerprint density at radius 3 is 2.84 bits per heavy atom. The molecule has 0 unspecified atom stereocenters. The van der Waals surface area contributed by atoms with Gasteiger partial charge in [-0.3, -0.25) is 4.57 Å². The minimum atomic E-state index is -0.588. The van der Waals surface area contributed by atoms with Gasteiger partial charge in [0.25, 0.3) is 0 Å². The third kappa shape index (κ3) is 2.02. The molecule has 0 aliphatic heterocycles. The van der Waals surface area contributed by atoms with E-state index in [-0.39, 0.29) is 10.5 Å². The van der Waals surface area contributed by atoms with Crippen LogP contribution in [0.2, 0.25) is 5.02 Å². The monoisotopic (exact) mass is 297 g/mol. The Hall–Kier alpha value is -1.79. The highest BCUT2D eigenvalue weighted by atomic mass is 35.5. The van der Waals surface area contributed by atoms with Crippen molar-refractivity contribution in [3.8, 4) is 5.69 Å². The van der Waals surface area contributed by atoms with E-state index >= 15 is 0 Å². The molecule has 0 saturated heterocycles. The first-order chi connectivity index (χ1) is 9.06. The van der Waals surface area contributed by atoms with Crippen LogP contribution in [0, 0.1) is 16.4 Å². The third-order valence-corrected chi connectivity index (χ3v) is 3.13. The van der Waals surface area contributed by atoms with Crippen molar-refractivity contribution in [3.63, 3.8) is 0 Å². The van der Waals surface area contributed by atoms with E-state index in [1.165, 1.54) is 10.8 Å². The molecule has 96 valence electrons.